The van der Waals surface area contributed by atoms with Crippen LogP contribution < -0.4 is 20.1 Å². The predicted molar refractivity (Wildman–Crippen MR) is 100 cm³/mol. The summed E-state index contributed by atoms with van der Waals surface area (Å²) < 4.78 is 11.0. The van der Waals surface area contributed by atoms with E-state index in [2.05, 4.69) is 38.3 Å². The molecule has 1 aromatic carbocycles. The average Bonchev–Trinajstić information content (AvgIpc) is 2.42. The van der Waals surface area contributed by atoms with Crippen LogP contribution in [0.5, 0.6) is 11.5 Å². The fourth-order valence-electron chi connectivity index (χ4n) is 3.91. The number of hydrogen-bond acceptors (Lipinski definition) is 4. The van der Waals surface area contributed by atoms with E-state index in [1.165, 1.54) is 0 Å². The van der Waals surface area contributed by atoms with Crippen LogP contribution in [-0.4, -0.2) is 30.8 Å². The Bertz CT molecular complexity index is 557. The number of benzene rings is 1. The Hall–Kier alpha value is -0.970. The lowest BCUT2D eigenvalue weighted by Gasteiger charge is -2.46. The largest absolute Gasteiger partial charge is 0.491 e. The molecular formula is C19H31ClN2O2. The van der Waals surface area contributed by atoms with Crippen molar-refractivity contribution in [2.75, 3.05) is 13.7 Å². The monoisotopic (exact) mass is 354 g/mol. The van der Waals surface area contributed by atoms with Crippen LogP contribution in [0, 0.1) is 0 Å². The topological polar surface area (TPSA) is 42.5 Å². The molecule has 0 aromatic heterocycles. The average molecular weight is 355 g/mol. The molecule has 0 bridgehead atoms. The fraction of sp³-hybridized carbons (Fsp3) is 0.684. The zero-order valence-electron chi connectivity index (χ0n) is 15.8. The molecular weight excluding hydrogens is 324 g/mol. The second-order valence-electron chi connectivity index (χ2n) is 7.92. The predicted octanol–water partition coefficient (Wildman–Crippen LogP) is 4.15. The number of rotatable bonds is 6. The molecule has 24 heavy (non-hydrogen) atoms. The molecule has 0 unspecified atom stereocenters. The molecule has 0 saturated carbocycles. The van der Waals surface area contributed by atoms with Gasteiger partial charge in [-0.05, 0) is 65.2 Å². The summed E-state index contributed by atoms with van der Waals surface area (Å²) in [7, 11) is 1.61. The molecule has 1 aliphatic rings. The van der Waals surface area contributed by atoms with Gasteiger partial charge in [-0.2, -0.15) is 0 Å². The minimum Gasteiger partial charge on any atom is -0.491 e. The summed E-state index contributed by atoms with van der Waals surface area (Å²) in [5.41, 5.74) is 1.37. The van der Waals surface area contributed by atoms with Crippen molar-refractivity contribution in [3.63, 3.8) is 0 Å². The molecule has 0 spiro atoms. The number of halogens is 1. The zero-order chi connectivity index (χ0) is 18.0. The Kier molecular flexibility index (Phi) is 6.05. The molecule has 0 aliphatic carbocycles. The molecule has 1 fully saturated rings. The van der Waals surface area contributed by atoms with Crippen LogP contribution in [0.1, 0.15) is 53.0 Å². The first-order valence-electron chi connectivity index (χ1n) is 8.68. The molecule has 1 saturated heterocycles. The molecule has 1 aromatic rings. The van der Waals surface area contributed by atoms with Crippen LogP contribution in [-0.2, 0) is 6.54 Å². The first kappa shape index (κ1) is 19.4. The molecule has 0 atom stereocenters. The van der Waals surface area contributed by atoms with Gasteiger partial charge in [0.15, 0.2) is 11.5 Å². The van der Waals surface area contributed by atoms with Crippen LogP contribution in [0.25, 0.3) is 0 Å². The lowest BCUT2D eigenvalue weighted by atomic mass is 9.79. The Morgan fingerprint density at radius 2 is 1.83 bits per heavy atom. The molecule has 0 radical (unpaired) electrons. The van der Waals surface area contributed by atoms with E-state index in [0.29, 0.717) is 29.2 Å². The molecule has 1 heterocycles. The van der Waals surface area contributed by atoms with E-state index in [4.69, 9.17) is 21.1 Å². The van der Waals surface area contributed by atoms with Crippen molar-refractivity contribution in [3.8, 4) is 11.5 Å². The number of nitrogens with one attached hydrogen (secondary N) is 2. The SMILES string of the molecule is CCOc1cc(CNC2CC(C)(C)NC(C)(C)C2)cc(Cl)c1OC. The zero-order valence-corrected chi connectivity index (χ0v) is 16.5. The summed E-state index contributed by atoms with van der Waals surface area (Å²) in [6, 6.07) is 4.43. The van der Waals surface area contributed by atoms with E-state index >= 15 is 0 Å². The highest BCUT2D eigenvalue weighted by Crippen LogP contribution is 2.36. The van der Waals surface area contributed by atoms with Gasteiger partial charge in [-0.1, -0.05) is 11.6 Å². The fourth-order valence-corrected chi connectivity index (χ4v) is 4.22. The van der Waals surface area contributed by atoms with Crippen LogP contribution in [0.15, 0.2) is 12.1 Å². The third kappa shape index (κ3) is 5.01. The first-order chi connectivity index (χ1) is 11.2. The Labute approximate surface area is 151 Å². The Balaban J connectivity index is 2.09. The van der Waals surface area contributed by atoms with Gasteiger partial charge in [-0.3, -0.25) is 0 Å². The summed E-state index contributed by atoms with van der Waals surface area (Å²) in [6.45, 7) is 12.4. The highest BCUT2D eigenvalue weighted by Gasteiger charge is 2.37. The van der Waals surface area contributed by atoms with E-state index in [-0.39, 0.29) is 11.1 Å². The lowest BCUT2D eigenvalue weighted by Crippen LogP contribution is -2.61. The van der Waals surface area contributed by atoms with E-state index in [1.54, 1.807) is 7.11 Å². The van der Waals surface area contributed by atoms with Crippen molar-refractivity contribution < 1.29 is 9.47 Å². The Morgan fingerprint density at radius 3 is 2.38 bits per heavy atom. The highest BCUT2D eigenvalue weighted by atomic mass is 35.5. The third-order valence-corrected chi connectivity index (χ3v) is 4.64. The molecule has 4 nitrogen and oxygen atoms in total. The third-order valence-electron chi connectivity index (χ3n) is 4.36. The number of ether oxygens (including phenoxy) is 2. The summed E-state index contributed by atoms with van der Waals surface area (Å²) in [6.07, 6.45) is 2.19. The highest BCUT2D eigenvalue weighted by molar-refractivity contribution is 6.32. The van der Waals surface area contributed by atoms with Gasteiger partial charge in [-0.25, -0.2) is 0 Å². The molecule has 1 aliphatic heterocycles. The number of piperidine rings is 1. The molecule has 2 N–H and O–H groups in total. The van der Waals surface area contributed by atoms with Crippen molar-refractivity contribution in [1.82, 2.24) is 10.6 Å². The first-order valence-corrected chi connectivity index (χ1v) is 9.05. The maximum atomic E-state index is 6.34. The Morgan fingerprint density at radius 1 is 1.21 bits per heavy atom. The van der Waals surface area contributed by atoms with Crippen molar-refractivity contribution in [2.24, 2.45) is 0 Å². The van der Waals surface area contributed by atoms with E-state index in [1.807, 2.05) is 19.1 Å². The van der Waals surface area contributed by atoms with Gasteiger partial charge in [-0.15, -0.1) is 0 Å². The summed E-state index contributed by atoms with van der Waals surface area (Å²) in [5.74, 6) is 1.31. The van der Waals surface area contributed by atoms with Gasteiger partial charge in [0, 0.05) is 23.7 Å². The van der Waals surface area contributed by atoms with Gasteiger partial charge in [0.1, 0.15) is 0 Å². The van der Waals surface area contributed by atoms with Crippen LogP contribution in [0.3, 0.4) is 0 Å². The molecule has 2 rings (SSSR count). The minimum absolute atomic E-state index is 0.132. The molecule has 5 heteroatoms. The molecule has 0 amide bonds. The van der Waals surface area contributed by atoms with E-state index in [0.717, 1.165) is 24.9 Å². The maximum absolute atomic E-state index is 6.34. The van der Waals surface area contributed by atoms with Crippen LogP contribution in [0.2, 0.25) is 5.02 Å². The lowest BCUT2D eigenvalue weighted by molar-refractivity contribution is 0.145. The minimum atomic E-state index is 0.132. The van der Waals surface area contributed by atoms with Gasteiger partial charge in [0.05, 0.1) is 18.7 Å². The van der Waals surface area contributed by atoms with E-state index < -0.39 is 0 Å². The maximum Gasteiger partial charge on any atom is 0.179 e. The second-order valence-corrected chi connectivity index (χ2v) is 8.33. The van der Waals surface area contributed by atoms with Gasteiger partial charge in [0.25, 0.3) is 0 Å². The smallest absolute Gasteiger partial charge is 0.179 e. The number of hydrogen-bond donors (Lipinski definition) is 2. The summed E-state index contributed by atoms with van der Waals surface area (Å²) in [4.78, 5) is 0. The summed E-state index contributed by atoms with van der Waals surface area (Å²) in [5, 5.41) is 7.99. The quantitative estimate of drug-likeness (QED) is 0.805. The van der Waals surface area contributed by atoms with Crippen molar-refractivity contribution in [3.05, 3.63) is 22.7 Å². The van der Waals surface area contributed by atoms with Gasteiger partial charge in [0.2, 0.25) is 0 Å². The van der Waals surface area contributed by atoms with Gasteiger partial charge < -0.3 is 20.1 Å². The van der Waals surface area contributed by atoms with Crippen molar-refractivity contribution >= 4 is 11.6 Å². The normalized spacial score (nSPS) is 20.0. The summed E-state index contributed by atoms with van der Waals surface area (Å²) >= 11 is 6.34. The van der Waals surface area contributed by atoms with E-state index in [9.17, 15) is 0 Å². The second kappa shape index (κ2) is 7.51. The van der Waals surface area contributed by atoms with Crippen LogP contribution >= 0.6 is 11.6 Å². The number of methoxy groups -OCH3 is 1. The van der Waals surface area contributed by atoms with Crippen LogP contribution in [0.4, 0.5) is 0 Å². The van der Waals surface area contributed by atoms with Gasteiger partial charge >= 0.3 is 0 Å². The standard InChI is InChI=1S/C19H31ClN2O2/c1-7-24-16-9-13(8-15(20)17(16)23-6)12-21-14-10-18(2,3)22-19(4,5)11-14/h8-9,14,21-22H,7,10-12H2,1-6H3. The van der Waals surface area contributed by atoms with Crippen molar-refractivity contribution in [1.29, 1.82) is 0 Å². The molecule has 136 valence electrons. The van der Waals surface area contributed by atoms with Crippen molar-refractivity contribution in [2.45, 2.75) is 71.1 Å².